The second-order valence-electron chi connectivity index (χ2n) is 17.9. The topological polar surface area (TPSA) is 52.6 Å². The predicted molar refractivity (Wildman–Crippen MR) is 259 cm³/mol. The van der Waals surface area contributed by atoms with Crippen LogP contribution < -0.4 is 0 Å². The molecular formula is C54H84O4S2. The third-order valence-electron chi connectivity index (χ3n) is 12.6. The smallest absolute Gasteiger partial charge is 0.339 e. The van der Waals surface area contributed by atoms with Crippen LogP contribution in [0.25, 0.3) is 0 Å². The molecule has 0 saturated heterocycles. The van der Waals surface area contributed by atoms with Gasteiger partial charge in [-0.05, 0) is 36.1 Å². The molecule has 0 amide bonds. The number of benzene rings is 2. The van der Waals surface area contributed by atoms with Crippen LogP contribution in [-0.4, -0.2) is 25.2 Å². The zero-order chi connectivity index (χ0) is 42.3. The third-order valence-corrected chi connectivity index (χ3v) is 15.3. The minimum atomic E-state index is -0.205. The summed E-state index contributed by atoms with van der Waals surface area (Å²) in [6.07, 6.45) is 44.2. The molecule has 4 nitrogen and oxygen atoms in total. The van der Waals surface area contributed by atoms with Crippen molar-refractivity contribution in [3.8, 4) is 0 Å². The second-order valence-corrected chi connectivity index (χ2v) is 20.1. The van der Waals surface area contributed by atoms with Crippen molar-refractivity contribution in [2.24, 2.45) is 0 Å². The summed E-state index contributed by atoms with van der Waals surface area (Å²) in [4.78, 5) is 31.1. The lowest BCUT2D eigenvalue weighted by molar-refractivity contribution is 0.0484. The van der Waals surface area contributed by atoms with E-state index in [1.54, 1.807) is 23.5 Å². The van der Waals surface area contributed by atoms with Crippen molar-refractivity contribution in [1.29, 1.82) is 0 Å². The summed E-state index contributed by atoms with van der Waals surface area (Å²) in [7, 11) is 0. The molecule has 0 bridgehead atoms. The van der Waals surface area contributed by atoms with Crippen molar-refractivity contribution in [2.45, 2.75) is 242 Å². The summed E-state index contributed by atoms with van der Waals surface area (Å²) in [5.74, 6) is -0.411. The molecule has 0 aliphatic carbocycles. The van der Waals surface area contributed by atoms with Gasteiger partial charge in [-0.25, -0.2) is 9.59 Å². The Morgan fingerprint density at radius 2 is 0.667 bits per heavy atom. The summed E-state index contributed by atoms with van der Waals surface area (Å²) < 4.78 is 11.6. The molecule has 4 rings (SSSR count). The maximum Gasteiger partial charge on any atom is 0.339 e. The van der Waals surface area contributed by atoms with Gasteiger partial charge >= 0.3 is 11.9 Å². The first-order valence-corrected chi connectivity index (χ1v) is 26.9. The monoisotopic (exact) mass is 861 g/mol. The van der Waals surface area contributed by atoms with E-state index in [0.29, 0.717) is 24.3 Å². The Morgan fingerprint density at radius 3 is 0.950 bits per heavy atom. The zero-order valence-corrected chi connectivity index (χ0v) is 40.0. The summed E-state index contributed by atoms with van der Waals surface area (Å²) in [5, 5.41) is 0. The summed E-state index contributed by atoms with van der Waals surface area (Å²) in [6.45, 7) is 5.55. The number of allylic oxidation sites excluding steroid dienone is 2. The average molecular weight is 861 g/mol. The van der Waals surface area contributed by atoms with Crippen LogP contribution in [0.15, 0.2) is 56.0 Å². The van der Waals surface area contributed by atoms with E-state index in [2.05, 4.69) is 26.0 Å². The van der Waals surface area contributed by atoms with E-state index < -0.39 is 0 Å². The molecule has 0 N–H and O–H groups in total. The number of fused-ring (bicyclic) bond motifs is 2. The van der Waals surface area contributed by atoms with Gasteiger partial charge in [0.2, 0.25) is 0 Å². The molecule has 2 aromatic rings. The van der Waals surface area contributed by atoms with Gasteiger partial charge in [-0.3, -0.25) is 0 Å². The molecule has 60 heavy (non-hydrogen) atoms. The van der Waals surface area contributed by atoms with Gasteiger partial charge in [0.05, 0.1) is 24.3 Å². The molecule has 0 saturated carbocycles. The first-order valence-electron chi connectivity index (χ1n) is 25.3. The average Bonchev–Trinajstić information content (AvgIpc) is 3.91. The van der Waals surface area contributed by atoms with E-state index in [1.165, 1.54) is 201 Å². The number of carbonyl (C=O) groups is 2. The largest absolute Gasteiger partial charge is 0.462 e. The maximum absolute atomic E-state index is 13.2. The first kappa shape index (κ1) is 50.5. The lowest BCUT2D eigenvalue weighted by Crippen LogP contribution is -2.08. The van der Waals surface area contributed by atoms with Gasteiger partial charge in [0.15, 0.2) is 0 Å². The van der Waals surface area contributed by atoms with Gasteiger partial charge < -0.3 is 9.47 Å². The summed E-state index contributed by atoms with van der Waals surface area (Å²) in [5.41, 5.74) is 3.75. The van der Waals surface area contributed by atoms with Crippen molar-refractivity contribution >= 4 is 35.5 Å². The van der Waals surface area contributed by atoms with Gasteiger partial charge in [0.1, 0.15) is 0 Å². The molecule has 2 heterocycles. The Hall–Kier alpha value is -2.18. The van der Waals surface area contributed by atoms with Crippen molar-refractivity contribution in [3.05, 3.63) is 68.5 Å². The van der Waals surface area contributed by atoms with Crippen molar-refractivity contribution in [2.75, 3.05) is 13.2 Å². The van der Waals surface area contributed by atoms with E-state index in [1.807, 2.05) is 24.3 Å². The standard InChI is InChI=1S/C54H84O4S2/c1-3-5-7-9-11-13-15-17-19-21-23-25-27-29-31-33-41-57-53(55)47-39-35-37-45-43-49(59-51(45)47)50-44-46-38-36-40-48(52(46)60-50)54(56)58-42-34-32-30-28-26-24-22-20-18-16-14-12-10-8-6-4-2/h35-40H,3-34,41-44H2,1-2H3/b50-49-. The Labute approximate surface area is 376 Å². The van der Waals surface area contributed by atoms with Crippen LogP contribution in [0, 0.1) is 0 Å². The number of thioether (sulfide) groups is 2. The number of hydrogen-bond acceptors (Lipinski definition) is 6. The normalized spacial score (nSPS) is 14.4. The van der Waals surface area contributed by atoms with Crippen molar-refractivity contribution in [1.82, 2.24) is 0 Å². The van der Waals surface area contributed by atoms with Crippen LogP contribution in [0.4, 0.5) is 0 Å². The molecule has 2 aromatic carbocycles. The van der Waals surface area contributed by atoms with E-state index in [-0.39, 0.29) is 11.9 Å². The molecule has 0 spiro atoms. The fourth-order valence-electron chi connectivity index (χ4n) is 8.77. The third kappa shape index (κ3) is 19.9. The van der Waals surface area contributed by atoms with Gasteiger partial charge in [-0.1, -0.05) is 254 Å². The zero-order valence-electron chi connectivity index (χ0n) is 38.4. The highest BCUT2D eigenvalue weighted by Gasteiger charge is 2.30. The van der Waals surface area contributed by atoms with Crippen LogP contribution in [0.2, 0.25) is 0 Å². The highest BCUT2D eigenvalue weighted by molar-refractivity contribution is 8.07. The number of unbranched alkanes of at least 4 members (excludes halogenated alkanes) is 30. The van der Waals surface area contributed by atoms with Crippen LogP contribution in [0.1, 0.15) is 251 Å². The Morgan fingerprint density at radius 1 is 0.400 bits per heavy atom. The quantitative estimate of drug-likeness (QED) is 0.0503. The van der Waals surface area contributed by atoms with E-state index in [4.69, 9.17) is 9.47 Å². The minimum Gasteiger partial charge on any atom is -0.462 e. The number of hydrogen-bond donors (Lipinski definition) is 0. The van der Waals surface area contributed by atoms with Crippen LogP contribution in [-0.2, 0) is 22.3 Å². The van der Waals surface area contributed by atoms with Gasteiger partial charge in [0.25, 0.3) is 0 Å². The molecule has 0 radical (unpaired) electrons. The molecule has 2 aliphatic rings. The lowest BCUT2D eigenvalue weighted by Gasteiger charge is -2.09. The highest BCUT2D eigenvalue weighted by Crippen LogP contribution is 2.51. The first-order chi connectivity index (χ1) is 29.6. The number of ether oxygens (including phenoxy) is 2. The van der Waals surface area contributed by atoms with E-state index >= 15 is 0 Å². The van der Waals surface area contributed by atoms with Crippen LogP contribution >= 0.6 is 23.5 Å². The van der Waals surface area contributed by atoms with Gasteiger partial charge in [-0.15, -0.1) is 0 Å². The number of rotatable bonds is 36. The molecule has 6 heteroatoms. The molecule has 2 aliphatic heterocycles. The second kappa shape index (κ2) is 32.5. The van der Waals surface area contributed by atoms with Crippen LogP contribution in [0.5, 0.6) is 0 Å². The Bertz CT molecular complexity index is 1400. The fourth-order valence-corrected chi connectivity index (χ4v) is 11.4. The number of carbonyl (C=O) groups excluding carboxylic acids is 2. The summed E-state index contributed by atoms with van der Waals surface area (Å²) in [6, 6.07) is 12.1. The minimum absolute atomic E-state index is 0.205. The van der Waals surface area contributed by atoms with Gasteiger partial charge in [0, 0.05) is 32.4 Å². The number of esters is 2. The SMILES string of the molecule is CCCCCCCCCCCCCCCCCCOC(=O)c1cccc2c1S/C(=C1/Cc3cccc(C(=O)OCCCCCCCCCCCCCCCCCC)c3S1)C2. The van der Waals surface area contributed by atoms with Crippen molar-refractivity contribution < 1.29 is 19.1 Å². The molecule has 0 fully saturated rings. The lowest BCUT2D eigenvalue weighted by atomic mass is 10.0. The van der Waals surface area contributed by atoms with E-state index in [9.17, 15) is 9.59 Å². The molecule has 0 atom stereocenters. The summed E-state index contributed by atoms with van der Waals surface area (Å²) >= 11 is 3.43. The highest BCUT2D eigenvalue weighted by atomic mass is 32.2. The van der Waals surface area contributed by atoms with Crippen LogP contribution in [0.3, 0.4) is 0 Å². The molecule has 0 aromatic heterocycles. The Kier molecular flexibility index (Phi) is 27.3. The van der Waals surface area contributed by atoms with Crippen molar-refractivity contribution in [3.63, 3.8) is 0 Å². The molecule has 0 unspecified atom stereocenters. The van der Waals surface area contributed by atoms with Gasteiger partial charge in [-0.2, -0.15) is 0 Å². The maximum atomic E-state index is 13.2. The fraction of sp³-hybridized carbons (Fsp3) is 0.704. The Balaban J connectivity index is 1.05. The molecule has 336 valence electrons. The van der Waals surface area contributed by atoms with E-state index in [0.717, 1.165) is 48.3 Å². The molecular weight excluding hydrogens is 777 g/mol. The predicted octanol–water partition coefficient (Wildman–Crippen LogP) is 17.7.